The number of rotatable bonds is 5. The summed E-state index contributed by atoms with van der Waals surface area (Å²) in [5.41, 5.74) is 11.3. The van der Waals surface area contributed by atoms with Crippen molar-refractivity contribution in [2.75, 3.05) is 0 Å². The highest BCUT2D eigenvalue weighted by Gasteiger charge is 2.24. The van der Waals surface area contributed by atoms with E-state index in [0.29, 0.717) is 0 Å². The van der Waals surface area contributed by atoms with Gasteiger partial charge in [-0.1, -0.05) is 96.6 Å². The van der Waals surface area contributed by atoms with Crippen LogP contribution in [0.2, 0.25) is 0 Å². The summed E-state index contributed by atoms with van der Waals surface area (Å²) in [6, 6.07) is 43.6. The molecule has 1 nitrogen and oxygen atoms in total. The fraction of sp³-hybridized carbons (Fsp3) is 0.0938. The lowest BCUT2D eigenvalue weighted by Crippen LogP contribution is -2.39. The molecule has 1 aromatic heterocycles. The van der Waals surface area contributed by atoms with Crippen LogP contribution in [0.5, 0.6) is 0 Å². The first-order valence-corrected chi connectivity index (χ1v) is 11.5. The van der Waals surface area contributed by atoms with Crippen molar-refractivity contribution in [3.05, 3.63) is 138 Å². The Bertz CT molecular complexity index is 1370. The predicted octanol–water partition coefficient (Wildman–Crippen LogP) is 7.64. The maximum atomic E-state index is 2.47. The van der Waals surface area contributed by atoms with Crippen LogP contribution in [0.4, 0.5) is 0 Å². The van der Waals surface area contributed by atoms with Gasteiger partial charge < -0.3 is 0 Å². The van der Waals surface area contributed by atoms with Crippen molar-refractivity contribution < 1.29 is 4.57 Å². The van der Waals surface area contributed by atoms with Crippen LogP contribution in [0, 0.1) is 13.8 Å². The van der Waals surface area contributed by atoms with Gasteiger partial charge in [-0.05, 0) is 48.7 Å². The first kappa shape index (κ1) is 20.9. The van der Waals surface area contributed by atoms with Crippen LogP contribution in [0.25, 0.3) is 33.6 Å². The van der Waals surface area contributed by atoms with E-state index in [-0.39, 0.29) is 0 Å². The molecule has 0 fully saturated rings. The molecule has 0 spiro atoms. The van der Waals surface area contributed by atoms with Crippen LogP contribution < -0.4 is 4.57 Å². The van der Waals surface area contributed by atoms with Crippen LogP contribution >= 0.6 is 0 Å². The summed E-state index contributed by atoms with van der Waals surface area (Å²) in [4.78, 5) is 0. The lowest BCUT2D eigenvalue weighted by molar-refractivity contribution is -0.666. The van der Waals surface area contributed by atoms with Crippen molar-refractivity contribution in [1.29, 1.82) is 0 Å². The molecule has 4 aromatic carbocycles. The number of pyridine rings is 1. The van der Waals surface area contributed by atoms with Crippen LogP contribution in [0.15, 0.2) is 121 Å². The fourth-order valence-electron chi connectivity index (χ4n) is 4.44. The third-order valence-corrected chi connectivity index (χ3v) is 6.20. The zero-order valence-electron chi connectivity index (χ0n) is 19.2. The maximum Gasteiger partial charge on any atom is 0.214 e. The molecular weight excluding hydrogens is 398 g/mol. The molecule has 1 heterocycles. The normalized spacial score (nSPS) is 10.8. The van der Waals surface area contributed by atoms with Crippen molar-refractivity contribution in [3.63, 3.8) is 0 Å². The molecule has 5 rings (SSSR count). The molecule has 0 N–H and O–H groups in total. The van der Waals surface area contributed by atoms with Gasteiger partial charge in [-0.2, -0.15) is 4.57 Å². The third-order valence-electron chi connectivity index (χ3n) is 6.20. The molecule has 0 bridgehead atoms. The summed E-state index contributed by atoms with van der Waals surface area (Å²) in [6.07, 6.45) is 0. The number of nitrogens with zero attached hydrogens (tertiary/aromatic N) is 1. The van der Waals surface area contributed by atoms with Gasteiger partial charge in [0.15, 0.2) is 6.54 Å². The largest absolute Gasteiger partial charge is 0.214 e. The van der Waals surface area contributed by atoms with E-state index in [1.54, 1.807) is 0 Å². The number of benzene rings is 4. The first-order chi connectivity index (χ1) is 16.2. The van der Waals surface area contributed by atoms with Gasteiger partial charge in [-0.15, -0.1) is 0 Å². The number of aryl methyl sites for hydroxylation is 2. The fourth-order valence-corrected chi connectivity index (χ4v) is 4.44. The molecule has 0 unspecified atom stereocenters. The minimum Gasteiger partial charge on any atom is -0.187 e. The van der Waals surface area contributed by atoms with Gasteiger partial charge in [0.05, 0.1) is 0 Å². The van der Waals surface area contributed by atoms with Crippen molar-refractivity contribution in [2.45, 2.75) is 20.4 Å². The highest BCUT2D eigenvalue weighted by Crippen LogP contribution is 2.31. The van der Waals surface area contributed by atoms with Crippen LogP contribution in [-0.2, 0) is 6.54 Å². The lowest BCUT2D eigenvalue weighted by atomic mass is 9.96. The van der Waals surface area contributed by atoms with Gasteiger partial charge in [0.1, 0.15) is 0 Å². The predicted molar refractivity (Wildman–Crippen MR) is 138 cm³/mol. The van der Waals surface area contributed by atoms with Crippen LogP contribution in [0.3, 0.4) is 0 Å². The zero-order valence-corrected chi connectivity index (χ0v) is 19.2. The van der Waals surface area contributed by atoms with E-state index in [2.05, 4.69) is 140 Å². The molecule has 5 aromatic rings. The van der Waals surface area contributed by atoms with Gasteiger partial charge in [0.25, 0.3) is 0 Å². The zero-order chi connectivity index (χ0) is 22.6. The summed E-state index contributed by atoms with van der Waals surface area (Å²) in [5, 5.41) is 0. The second-order valence-corrected chi connectivity index (χ2v) is 8.64. The second-order valence-electron chi connectivity index (χ2n) is 8.64. The standard InChI is InChI=1S/C32H28N/c1-24-18-19-25(2)30(20-24)32-22-29(27-14-8-4-9-15-27)21-31(28-16-10-5-11-17-28)33(32)23-26-12-6-3-7-13-26/h3-22H,23H2,1-2H3/q+1. The maximum absolute atomic E-state index is 2.47. The van der Waals surface area contributed by atoms with E-state index in [1.165, 1.54) is 50.3 Å². The Morgan fingerprint density at radius 2 is 1.09 bits per heavy atom. The van der Waals surface area contributed by atoms with Gasteiger partial charge in [0.2, 0.25) is 11.4 Å². The molecule has 0 saturated heterocycles. The Morgan fingerprint density at radius 3 is 1.76 bits per heavy atom. The van der Waals surface area contributed by atoms with Crippen molar-refractivity contribution in [3.8, 4) is 33.6 Å². The van der Waals surface area contributed by atoms with Gasteiger partial charge in [-0.3, -0.25) is 0 Å². The average molecular weight is 427 g/mol. The molecule has 0 aliphatic rings. The molecule has 0 amide bonds. The molecule has 33 heavy (non-hydrogen) atoms. The summed E-state index contributed by atoms with van der Waals surface area (Å²) in [7, 11) is 0. The smallest absolute Gasteiger partial charge is 0.187 e. The Hall–Kier alpha value is -3.97. The number of hydrogen-bond donors (Lipinski definition) is 0. The molecule has 0 atom stereocenters. The molecule has 0 aliphatic carbocycles. The molecule has 160 valence electrons. The Morgan fingerprint density at radius 1 is 0.515 bits per heavy atom. The number of aromatic nitrogens is 1. The van der Waals surface area contributed by atoms with Crippen molar-refractivity contribution in [1.82, 2.24) is 0 Å². The quantitative estimate of drug-likeness (QED) is 0.254. The van der Waals surface area contributed by atoms with E-state index in [1.807, 2.05) is 0 Å². The Kier molecular flexibility index (Phi) is 5.87. The monoisotopic (exact) mass is 426 g/mol. The SMILES string of the molecule is Cc1ccc(C)c(-c2cc(-c3ccccc3)cc(-c3ccccc3)[n+]2Cc2ccccc2)c1. The summed E-state index contributed by atoms with van der Waals surface area (Å²) < 4.78 is 2.47. The van der Waals surface area contributed by atoms with E-state index in [0.717, 1.165) is 6.54 Å². The van der Waals surface area contributed by atoms with Gasteiger partial charge in [0, 0.05) is 28.8 Å². The third kappa shape index (κ3) is 4.49. The van der Waals surface area contributed by atoms with E-state index < -0.39 is 0 Å². The van der Waals surface area contributed by atoms with Crippen LogP contribution in [0.1, 0.15) is 16.7 Å². The van der Waals surface area contributed by atoms with Crippen molar-refractivity contribution in [2.24, 2.45) is 0 Å². The molecule has 0 radical (unpaired) electrons. The lowest BCUT2D eigenvalue weighted by Gasteiger charge is -2.14. The summed E-state index contributed by atoms with van der Waals surface area (Å²) in [6.45, 7) is 5.19. The number of hydrogen-bond acceptors (Lipinski definition) is 0. The van der Waals surface area contributed by atoms with Gasteiger partial charge in [-0.25, -0.2) is 0 Å². The van der Waals surface area contributed by atoms with Gasteiger partial charge >= 0.3 is 0 Å². The molecule has 1 heteroatoms. The highest BCUT2D eigenvalue weighted by atomic mass is 15.0. The first-order valence-electron chi connectivity index (χ1n) is 11.5. The Balaban J connectivity index is 1.83. The second kappa shape index (κ2) is 9.26. The van der Waals surface area contributed by atoms with E-state index >= 15 is 0 Å². The summed E-state index contributed by atoms with van der Waals surface area (Å²) in [5.74, 6) is 0. The van der Waals surface area contributed by atoms with Crippen molar-refractivity contribution >= 4 is 0 Å². The minimum atomic E-state index is 0.808. The average Bonchev–Trinajstić information content (AvgIpc) is 2.87. The minimum absolute atomic E-state index is 0.808. The summed E-state index contributed by atoms with van der Waals surface area (Å²) >= 11 is 0. The van der Waals surface area contributed by atoms with E-state index in [4.69, 9.17) is 0 Å². The topological polar surface area (TPSA) is 3.88 Å². The molecule has 0 saturated carbocycles. The van der Waals surface area contributed by atoms with E-state index in [9.17, 15) is 0 Å². The Labute approximate surface area is 196 Å². The molecule has 0 aliphatic heterocycles. The highest BCUT2D eigenvalue weighted by molar-refractivity contribution is 5.74. The molecular formula is C32H28N+. The van der Waals surface area contributed by atoms with Crippen LogP contribution in [-0.4, -0.2) is 0 Å².